The van der Waals surface area contributed by atoms with E-state index in [1.807, 2.05) is 24.4 Å². The first-order chi connectivity index (χ1) is 17.0. The molecule has 3 aromatic heterocycles. The SMILES string of the molecule is CCc1cc(CNC(=O)c2cc(C(=O)N[C@H]3CCc4cc(-c5n[nH]c(C)n5)ccc43)ncn2)cs1. The number of carbonyl (C=O) groups excluding carboxylic acids is 2. The molecule has 178 valence electrons. The molecule has 35 heavy (non-hydrogen) atoms. The van der Waals surface area contributed by atoms with Crippen LogP contribution >= 0.6 is 11.3 Å². The molecule has 5 rings (SSSR count). The van der Waals surface area contributed by atoms with Gasteiger partial charge < -0.3 is 10.6 Å². The van der Waals surface area contributed by atoms with Gasteiger partial charge >= 0.3 is 0 Å². The van der Waals surface area contributed by atoms with Crippen LogP contribution in [0.4, 0.5) is 0 Å². The van der Waals surface area contributed by atoms with Crippen LogP contribution in [0.25, 0.3) is 11.4 Å². The zero-order valence-electron chi connectivity index (χ0n) is 19.5. The minimum Gasteiger partial charge on any atom is -0.347 e. The second-order valence-corrected chi connectivity index (χ2v) is 9.46. The highest BCUT2D eigenvalue weighted by molar-refractivity contribution is 7.10. The molecule has 0 unspecified atom stereocenters. The fourth-order valence-corrected chi connectivity index (χ4v) is 5.03. The number of amides is 2. The Morgan fingerprint density at radius 3 is 2.71 bits per heavy atom. The summed E-state index contributed by atoms with van der Waals surface area (Å²) in [6.07, 6.45) is 3.85. The first-order valence-corrected chi connectivity index (χ1v) is 12.4. The van der Waals surface area contributed by atoms with Gasteiger partial charge in [-0.2, -0.15) is 5.10 Å². The molecule has 0 saturated heterocycles. The summed E-state index contributed by atoms with van der Waals surface area (Å²) in [5, 5.41) is 15.0. The van der Waals surface area contributed by atoms with E-state index < -0.39 is 0 Å². The van der Waals surface area contributed by atoms with E-state index in [-0.39, 0.29) is 29.2 Å². The van der Waals surface area contributed by atoms with Gasteiger partial charge in [-0.3, -0.25) is 14.7 Å². The summed E-state index contributed by atoms with van der Waals surface area (Å²) in [5.41, 5.74) is 4.55. The normalized spacial score (nSPS) is 14.5. The molecule has 1 aliphatic carbocycles. The largest absolute Gasteiger partial charge is 0.347 e. The van der Waals surface area contributed by atoms with Gasteiger partial charge in [0.15, 0.2) is 5.82 Å². The second kappa shape index (κ2) is 9.75. The van der Waals surface area contributed by atoms with E-state index in [1.165, 1.54) is 17.3 Å². The highest BCUT2D eigenvalue weighted by Crippen LogP contribution is 2.33. The molecule has 0 saturated carbocycles. The molecule has 0 radical (unpaired) electrons. The Labute approximate surface area is 206 Å². The number of benzene rings is 1. The topological polar surface area (TPSA) is 126 Å². The lowest BCUT2D eigenvalue weighted by Crippen LogP contribution is -2.29. The van der Waals surface area contributed by atoms with Crippen molar-refractivity contribution < 1.29 is 9.59 Å². The molecule has 0 fully saturated rings. The van der Waals surface area contributed by atoms with Gasteiger partial charge in [0.05, 0.1) is 6.04 Å². The highest BCUT2D eigenvalue weighted by atomic mass is 32.1. The van der Waals surface area contributed by atoms with Gasteiger partial charge in [-0.1, -0.05) is 19.1 Å². The standard InChI is InChI=1S/C25H25N7O2S/c1-3-18-8-15(12-35-18)11-26-24(33)21-10-22(28-13-27-21)25(34)30-20-7-5-16-9-17(4-6-19(16)20)23-29-14(2)31-32-23/h4,6,8-10,12-13,20H,3,5,7,11H2,1-2H3,(H,26,33)(H,30,34)(H,29,31,32)/t20-/m0/s1. The van der Waals surface area contributed by atoms with Crippen molar-refractivity contribution in [3.05, 3.63) is 80.8 Å². The van der Waals surface area contributed by atoms with E-state index in [9.17, 15) is 9.59 Å². The lowest BCUT2D eigenvalue weighted by atomic mass is 10.0. The summed E-state index contributed by atoms with van der Waals surface area (Å²) in [5.74, 6) is 0.750. The van der Waals surface area contributed by atoms with Crippen molar-refractivity contribution in [1.29, 1.82) is 0 Å². The molecule has 2 amide bonds. The summed E-state index contributed by atoms with van der Waals surface area (Å²) in [6, 6.07) is 9.45. The molecular formula is C25H25N7O2S. The Balaban J connectivity index is 1.24. The number of carbonyl (C=O) groups is 2. The lowest BCUT2D eigenvalue weighted by molar-refractivity contribution is 0.0931. The van der Waals surface area contributed by atoms with Crippen molar-refractivity contribution >= 4 is 23.2 Å². The first-order valence-electron chi connectivity index (χ1n) is 11.5. The Hall–Kier alpha value is -3.92. The number of rotatable bonds is 7. The third-order valence-electron chi connectivity index (χ3n) is 6.02. The van der Waals surface area contributed by atoms with Crippen LogP contribution in [0.2, 0.25) is 0 Å². The van der Waals surface area contributed by atoms with Gasteiger partial charge in [0.25, 0.3) is 11.8 Å². The molecule has 0 aliphatic heterocycles. The van der Waals surface area contributed by atoms with E-state index in [0.29, 0.717) is 12.4 Å². The Morgan fingerprint density at radius 2 is 1.97 bits per heavy atom. The molecule has 3 heterocycles. The van der Waals surface area contributed by atoms with Crippen LogP contribution in [0.1, 0.15) is 67.8 Å². The van der Waals surface area contributed by atoms with Crippen LogP contribution < -0.4 is 10.6 Å². The van der Waals surface area contributed by atoms with Gasteiger partial charge in [0.2, 0.25) is 0 Å². The zero-order valence-corrected chi connectivity index (χ0v) is 20.3. The van der Waals surface area contributed by atoms with E-state index >= 15 is 0 Å². The van der Waals surface area contributed by atoms with Gasteiger partial charge in [-0.05, 0) is 60.4 Å². The van der Waals surface area contributed by atoms with Crippen LogP contribution in [0.3, 0.4) is 0 Å². The summed E-state index contributed by atoms with van der Waals surface area (Å²) in [7, 11) is 0. The lowest BCUT2D eigenvalue weighted by Gasteiger charge is -2.14. The highest BCUT2D eigenvalue weighted by Gasteiger charge is 2.26. The average Bonchev–Trinajstić information content (AvgIpc) is 3.62. The van der Waals surface area contributed by atoms with Gasteiger partial charge in [-0.25, -0.2) is 15.0 Å². The maximum atomic E-state index is 12.9. The van der Waals surface area contributed by atoms with Crippen LogP contribution in [0.15, 0.2) is 42.0 Å². The number of nitrogens with zero attached hydrogens (tertiary/aromatic N) is 4. The van der Waals surface area contributed by atoms with Crippen LogP contribution in [0.5, 0.6) is 0 Å². The molecule has 9 nitrogen and oxygen atoms in total. The molecule has 10 heteroatoms. The van der Waals surface area contributed by atoms with Crippen LogP contribution in [0, 0.1) is 6.92 Å². The number of hydrogen-bond donors (Lipinski definition) is 3. The Bertz CT molecular complexity index is 1390. The second-order valence-electron chi connectivity index (χ2n) is 8.47. The number of H-pyrrole nitrogens is 1. The fraction of sp³-hybridized carbons (Fsp3) is 0.280. The predicted molar refractivity (Wildman–Crippen MR) is 132 cm³/mol. The third-order valence-corrected chi connectivity index (χ3v) is 7.15. The molecule has 4 aromatic rings. The summed E-state index contributed by atoms with van der Waals surface area (Å²) >= 11 is 1.68. The van der Waals surface area contributed by atoms with Crippen molar-refractivity contribution in [3.63, 3.8) is 0 Å². The number of aryl methyl sites for hydroxylation is 3. The molecular weight excluding hydrogens is 462 g/mol. The maximum absolute atomic E-state index is 12.9. The third kappa shape index (κ3) is 4.97. The number of hydrogen-bond acceptors (Lipinski definition) is 7. The summed E-state index contributed by atoms with van der Waals surface area (Å²) < 4.78 is 0. The average molecular weight is 488 g/mol. The molecule has 1 atom stereocenters. The zero-order chi connectivity index (χ0) is 24.4. The number of nitrogens with one attached hydrogen (secondary N) is 3. The van der Waals surface area contributed by atoms with E-state index in [4.69, 9.17) is 0 Å². The van der Waals surface area contributed by atoms with Crippen LogP contribution in [-0.4, -0.2) is 37.0 Å². The minimum atomic E-state index is -0.341. The molecule has 0 bridgehead atoms. The summed E-state index contributed by atoms with van der Waals surface area (Å²) in [4.78, 5) is 39.3. The Kier molecular flexibility index (Phi) is 6.37. The number of aromatic nitrogens is 5. The molecule has 1 aliphatic rings. The van der Waals surface area contributed by atoms with Crippen LogP contribution in [-0.2, 0) is 19.4 Å². The van der Waals surface area contributed by atoms with Crippen molar-refractivity contribution in [1.82, 2.24) is 35.8 Å². The molecule has 1 aromatic carbocycles. The fourth-order valence-electron chi connectivity index (χ4n) is 4.19. The number of aromatic amines is 1. The minimum absolute atomic E-state index is 0.126. The van der Waals surface area contributed by atoms with E-state index in [0.717, 1.165) is 47.3 Å². The smallest absolute Gasteiger partial charge is 0.270 e. The maximum Gasteiger partial charge on any atom is 0.270 e. The van der Waals surface area contributed by atoms with Crippen molar-refractivity contribution in [3.8, 4) is 11.4 Å². The van der Waals surface area contributed by atoms with Crippen molar-refractivity contribution in [2.45, 2.75) is 45.7 Å². The number of thiophene rings is 1. The van der Waals surface area contributed by atoms with Gasteiger partial charge in [0, 0.05) is 23.1 Å². The number of fused-ring (bicyclic) bond motifs is 1. The molecule has 0 spiro atoms. The predicted octanol–water partition coefficient (Wildman–Crippen LogP) is 3.54. The first kappa shape index (κ1) is 22.9. The summed E-state index contributed by atoms with van der Waals surface area (Å²) in [6.45, 7) is 4.38. The molecule has 3 N–H and O–H groups in total. The van der Waals surface area contributed by atoms with Crippen molar-refractivity contribution in [2.75, 3.05) is 0 Å². The van der Waals surface area contributed by atoms with E-state index in [1.54, 1.807) is 11.3 Å². The van der Waals surface area contributed by atoms with Gasteiger partial charge in [-0.15, -0.1) is 11.3 Å². The van der Waals surface area contributed by atoms with Crippen molar-refractivity contribution in [2.24, 2.45) is 0 Å². The Morgan fingerprint density at radius 1 is 1.14 bits per heavy atom. The quantitative estimate of drug-likeness (QED) is 0.366. The monoisotopic (exact) mass is 487 g/mol. The van der Waals surface area contributed by atoms with E-state index in [2.05, 4.69) is 54.8 Å². The van der Waals surface area contributed by atoms with Gasteiger partial charge in [0.1, 0.15) is 23.5 Å².